The summed E-state index contributed by atoms with van der Waals surface area (Å²) in [6.07, 6.45) is 0. The quantitative estimate of drug-likeness (QED) is 0.309. The molecule has 5 rings (SSSR count). The standard InChI is InChI=1S/C16H8S4/c1-2-4-9(5-3-1)12-8-11-14-13(20-16(11)18-12)10-6-7-17-15(10)19-14/h1-8H. The maximum atomic E-state index is 2.37. The molecule has 0 aliphatic heterocycles. The Morgan fingerprint density at radius 2 is 1.50 bits per heavy atom. The molecule has 4 aromatic heterocycles. The zero-order valence-electron chi connectivity index (χ0n) is 10.3. The van der Waals surface area contributed by atoms with Crippen LogP contribution >= 0.6 is 45.3 Å². The van der Waals surface area contributed by atoms with E-state index in [1.54, 1.807) is 0 Å². The summed E-state index contributed by atoms with van der Waals surface area (Å²) in [6.45, 7) is 0. The molecule has 96 valence electrons. The second-order valence-corrected chi connectivity index (χ2v) is 9.19. The summed E-state index contributed by atoms with van der Waals surface area (Å²) in [7, 11) is 0. The number of hydrogen-bond donors (Lipinski definition) is 0. The Labute approximate surface area is 131 Å². The molecule has 5 aromatic rings. The Hall–Kier alpha value is -1.20. The smallest absolute Gasteiger partial charge is 0.0892 e. The molecule has 4 heteroatoms. The number of rotatable bonds is 1. The number of thiophene rings is 4. The Morgan fingerprint density at radius 3 is 2.40 bits per heavy atom. The van der Waals surface area contributed by atoms with E-state index in [0.717, 1.165) is 0 Å². The maximum absolute atomic E-state index is 2.37. The summed E-state index contributed by atoms with van der Waals surface area (Å²) in [6, 6.07) is 15.3. The van der Waals surface area contributed by atoms with Crippen LogP contribution < -0.4 is 0 Å². The van der Waals surface area contributed by atoms with Crippen LogP contribution in [0.5, 0.6) is 0 Å². The fourth-order valence-corrected chi connectivity index (χ4v) is 7.74. The van der Waals surface area contributed by atoms with Crippen molar-refractivity contribution in [2.45, 2.75) is 0 Å². The molecule has 0 fully saturated rings. The molecule has 0 aliphatic rings. The van der Waals surface area contributed by atoms with E-state index in [9.17, 15) is 0 Å². The summed E-state index contributed by atoms with van der Waals surface area (Å²) in [5.41, 5.74) is 1.33. The van der Waals surface area contributed by atoms with E-state index in [1.165, 1.54) is 38.6 Å². The van der Waals surface area contributed by atoms with Crippen LogP contribution in [-0.2, 0) is 0 Å². The average Bonchev–Trinajstić information content (AvgIpc) is 3.18. The van der Waals surface area contributed by atoms with Crippen molar-refractivity contribution >= 4 is 73.5 Å². The van der Waals surface area contributed by atoms with Crippen molar-refractivity contribution in [3.63, 3.8) is 0 Å². The van der Waals surface area contributed by atoms with E-state index in [2.05, 4.69) is 47.8 Å². The lowest BCUT2D eigenvalue weighted by atomic mass is 10.2. The monoisotopic (exact) mass is 328 g/mol. The third kappa shape index (κ3) is 1.50. The first kappa shape index (κ1) is 11.5. The third-order valence-corrected chi connectivity index (χ3v) is 8.39. The fourth-order valence-electron chi connectivity index (χ4n) is 2.53. The van der Waals surface area contributed by atoms with Gasteiger partial charge in [0.2, 0.25) is 0 Å². The normalized spacial score (nSPS) is 12.0. The third-order valence-electron chi connectivity index (χ3n) is 3.47. The van der Waals surface area contributed by atoms with E-state index in [-0.39, 0.29) is 0 Å². The van der Waals surface area contributed by atoms with Crippen LogP contribution in [0.3, 0.4) is 0 Å². The molecule has 0 aliphatic carbocycles. The Morgan fingerprint density at radius 1 is 0.700 bits per heavy atom. The highest BCUT2D eigenvalue weighted by Gasteiger charge is 2.15. The molecule has 0 bridgehead atoms. The molecule has 0 unspecified atom stereocenters. The molecule has 0 saturated carbocycles. The van der Waals surface area contributed by atoms with E-state index in [4.69, 9.17) is 0 Å². The highest BCUT2D eigenvalue weighted by Crippen LogP contribution is 2.49. The van der Waals surface area contributed by atoms with Crippen LogP contribution in [0, 0.1) is 0 Å². The molecule has 0 radical (unpaired) electrons. The van der Waals surface area contributed by atoms with Gasteiger partial charge >= 0.3 is 0 Å². The minimum atomic E-state index is 1.33. The Bertz CT molecular complexity index is 1040. The second kappa shape index (κ2) is 4.15. The van der Waals surface area contributed by atoms with Crippen molar-refractivity contribution in [2.75, 3.05) is 0 Å². The molecule has 0 nitrogen and oxygen atoms in total. The maximum Gasteiger partial charge on any atom is 0.0892 e. The van der Waals surface area contributed by atoms with Crippen LogP contribution in [0.15, 0.2) is 47.8 Å². The Balaban J connectivity index is 1.83. The molecule has 0 amide bonds. The van der Waals surface area contributed by atoms with Crippen molar-refractivity contribution in [1.29, 1.82) is 0 Å². The van der Waals surface area contributed by atoms with Gasteiger partial charge in [-0.05, 0) is 23.1 Å². The summed E-state index contributed by atoms with van der Waals surface area (Å²) in [4.78, 5) is 1.38. The zero-order chi connectivity index (χ0) is 13.1. The minimum Gasteiger partial charge on any atom is -0.133 e. The SMILES string of the molecule is c1ccc(-c2cc3c(s2)sc2c4ccsc4sc32)cc1. The van der Waals surface area contributed by atoms with Crippen molar-refractivity contribution in [1.82, 2.24) is 0 Å². The number of fused-ring (bicyclic) bond motifs is 5. The first-order valence-electron chi connectivity index (χ1n) is 6.27. The van der Waals surface area contributed by atoms with Crippen LogP contribution in [0.1, 0.15) is 0 Å². The van der Waals surface area contributed by atoms with E-state index >= 15 is 0 Å². The summed E-state index contributed by atoms with van der Waals surface area (Å²) >= 11 is 7.68. The molecule has 0 N–H and O–H groups in total. The van der Waals surface area contributed by atoms with Gasteiger partial charge in [-0.2, -0.15) is 0 Å². The van der Waals surface area contributed by atoms with Gasteiger partial charge in [-0.1, -0.05) is 30.3 Å². The van der Waals surface area contributed by atoms with Gasteiger partial charge in [0.05, 0.1) is 17.4 Å². The van der Waals surface area contributed by atoms with E-state index < -0.39 is 0 Å². The number of benzene rings is 1. The first-order valence-corrected chi connectivity index (χ1v) is 9.60. The molecule has 4 heterocycles. The van der Waals surface area contributed by atoms with Gasteiger partial charge < -0.3 is 0 Å². The van der Waals surface area contributed by atoms with E-state index in [0.29, 0.717) is 0 Å². The summed E-state index contributed by atoms with van der Waals surface area (Å²) < 4.78 is 5.87. The minimum absolute atomic E-state index is 1.33. The van der Waals surface area contributed by atoms with Gasteiger partial charge in [0.1, 0.15) is 0 Å². The van der Waals surface area contributed by atoms with Gasteiger partial charge in [-0.25, -0.2) is 0 Å². The molecule has 0 spiro atoms. The molecule has 0 atom stereocenters. The Kier molecular flexibility index (Phi) is 2.38. The van der Waals surface area contributed by atoms with Crippen LogP contribution in [0.2, 0.25) is 0 Å². The predicted molar refractivity (Wildman–Crippen MR) is 95.9 cm³/mol. The molecular formula is C16H8S4. The van der Waals surface area contributed by atoms with Gasteiger partial charge in [-0.3, -0.25) is 0 Å². The van der Waals surface area contributed by atoms with Crippen LogP contribution in [0.4, 0.5) is 0 Å². The molecular weight excluding hydrogens is 320 g/mol. The molecule has 20 heavy (non-hydrogen) atoms. The highest BCUT2D eigenvalue weighted by molar-refractivity contribution is 7.49. The highest BCUT2D eigenvalue weighted by atomic mass is 32.2. The fraction of sp³-hybridized carbons (Fsp3) is 0. The van der Waals surface area contributed by atoms with Crippen molar-refractivity contribution in [3.05, 3.63) is 47.8 Å². The molecule has 1 aromatic carbocycles. The summed E-state index contributed by atoms with van der Waals surface area (Å²) in [5.74, 6) is 0. The van der Waals surface area contributed by atoms with Crippen LogP contribution in [-0.4, -0.2) is 0 Å². The van der Waals surface area contributed by atoms with Crippen molar-refractivity contribution < 1.29 is 0 Å². The van der Waals surface area contributed by atoms with Crippen molar-refractivity contribution in [3.8, 4) is 10.4 Å². The number of hydrogen-bond acceptors (Lipinski definition) is 4. The zero-order valence-corrected chi connectivity index (χ0v) is 13.5. The van der Waals surface area contributed by atoms with Crippen molar-refractivity contribution in [2.24, 2.45) is 0 Å². The van der Waals surface area contributed by atoms with Gasteiger partial charge in [0.15, 0.2) is 0 Å². The average molecular weight is 329 g/mol. The van der Waals surface area contributed by atoms with E-state index in [1.807, 2.05) is 45.3 Å². The first-order chi connectivity index (χ1) is 9.90. The van der Waals surface area contributed by atoms with Gasteiger partial charge in [0, 0.05) is 15.6 Å². The largest absolute Gasteiger partial charge is 0.133 e. The molecule has 0 saturated heterocycles. The lowest BCUT2D eigenvalue weighted by Gasteiger charge is -1.93. The lowest BCUT2D eigenvalue weighted by Crippen LogP contribution is -1.67. The van der Waals surface area contributed by atoms with Gasteiger partial charge in [-0.15, -0.1) is 45.3 Å². The topological polar surface area (TPSA) is 0 Å². The summed E-state index contributed by atoms with van der Waals surface area (Å²) in [5, 5.41) is 5.09. The second-order valence-electron chi connectivity index (χ2n) is 4.66. The van der Waals surface area contributed by atoms with Crippen LogP contribution in [0.25, 0.3) is 38.6 Å². The van der Waals surface area contributed by atoms with Gasteiger partial charge in [0.25, 0.3) is 0 Å². The lowest BCUT2D eigenvalue weighted by molar-refractivity contribution is 1.70. The predicted octanol–water partition coefficient (Wildman–Crippen LogP) is 7.06.